The van der Waals surface area contributed by atoms with Gasteiger partial charge in [0.15, 0.2) is 0 Å². The highest BCUT2D eigenvalue weighted by Gasteiger charge is 2.11. The van der Waals surface area contributed by atoms with E-state index in [1.54, 1.807) is 18.2 Å². The third kappa shape index (κ3) is 1.54. The van der Waals surface area contributed by atoms with E-state index in [9.17, 15) is 9.90 Å². The van der Waals surface area contributed by atoms with Gasteiger partial charge >= 0.3 is 0 Å². The molecule has 0 saturated heterocycles. The number of nitrogens with one attached hydrogen (secondary N) is 2. The van der Waals surface area contributed by atoms with Crippen molar-refractivity contribution in [1.82, 2.24) is 10.3 Å². The maximum atomic E-state index is 11.7. The number of aromatic hydroxyl groups is 1. The van der Waals surface area contributed by atoms with Crippen LogP contribution in [0.5, 0.6) is 5.75 Å². The molecular weight excluding hydrogens is 192 g/mol. The van der Waals surface area contributed by atoms with Crippen molar-refractivity contribution in [2.75, 3.05) is 6.54 Å². The van der Waals surface area contributed by atoms with Gasteiger partial charge in [0.2, 0.25) is 0 Å². The lowest BCUT2D eigenvalue weighted by Gasteiger charge is -2.03. The van der Waals surface area contributed by atoms with E-state index in [0.717, 1.165) is 0 Å². The van der Waals surface area contributed by atoms with Crippen LogP contribution in [0.25, 0.3) is 10.9 Å². The van der Waals surface area contributed by atoms with Crippen molar-refractivity contribution in [1.29, 1.82) is 0 Å². The van der Waals surface area contributed by atoms with Gasteiger partial charge in [0.05, 0.1) is 11.1 Å². The molecule has 1 amide bonds. The number of carbonyl (C=O) groups excluding carboxylic acids is 1. The van der Waals surface area contributed by atoms with Gasteiger partial charge in [0, 0.05) is 18.1 Å². The molecule has 0 unspecified atom stereocenters. The summed E-state index contributed by atoms with van der Waals surface area (Å²) < 4.78 is 0. The normalized spacial score (nSPS) is 10.5. The van der Waals surface area contributed by atoms with Crippen molar-refractivity contribution in [3.05, 3.63) is 30.0 Å². The number of benzene rings is 1. The SMILES string of the molecule is CCNC(=O)c1cccc2c(O)c[nH]c12. The predicted octanol–water partition coefficient (Wildman–Crippen LogP) is 1.62. The zero-order valence-corrected chi connectivity index (χ0v) is 8.37. The summed E-state index contributed by atoms with van der Waals surface area (Å²) >= 11 is 0. The van der Waals surface area contributed by atoms with E-state index in [0.29, 0.717) is 23.0 Å². The summed E-state index contributed by atoms with van der Waals surface area (Å²) in [5, 5.41) is 12.9. The lowest BCUT2D eigenvalue weighted by Crippen LogP contribution is -2.22. The summed E-state index contributed by atoms with van der Waals surface area (Å²) in [5.74, 6) is 0.0288. The number of hydrogen-bond acceptors (Lipinski definition) is 2. The van der Waals surface area contributed by atoms with Gasteiger partial charge in [-0.05, 0) is 19.1 Å². The fraction of sp³-hybridized carbons (Fsp3) is 0.182. The number of para-hydroxylation sites is 1. The highest BCUT2D eigenvalue weighted by atomic mass is 16.3. The van der Waals surface area contributed by atoms with Gasteiger partial charge in [-0.2, -0.15) is 0 Å². The second-order valence-corrected chi connectivity index (χ2v) is 3.26. The maximum absolute atomic E-state index is 11.7. The first-order chi connectivity index (χ1) is 7.24. The van der Waals surface area contributed by atoms with Crippen molar-refractivity contribution in [3.63, 3.8) is 0 Å². The molecular formula is C11H12N2O2. The molecule has 1 aromatic heterocycles. The Morgan fingerprint density at radius 2 is 2.33 bits per heavy atom. The molecule has 2 aromatic rings. The maximum Gasteiger partial charge on any atom is 0.253 e. The number of amides is 1. The zero-order valence-electron chi connectivity index (χ0n) is 8.37. The first-order valence-corrected chi connectivity index (χ1v) is 4.81. The molecule has 0 aliphatic heterocycles. The molecule has 1 heterocycles. The molecule has 0 fully saturated rings. The van der Waals surface area contributed by atoms with Crippen LogP contribution in [0.15, 0.2) is 24.4 Å². The number of rotatable bonds is 2. The molecule has 15 heavy (non-hydrogen) atoms. The minimum Gasteiger partial charge on any atom is -0.506 e. The summed E-state index contributed by atoms with van der Waals surface area (Å²) in [4.78, 5) is 14.5. The number of hydrogen-bond donors (Lipinski definition) is 3. The fourth-order valence-electron chi connectivity index (χ4n) is 1.58. The van der Waals surface area contributed by atoms with Crippen molar-refractivity contribution in [3.8, 4) is 5.75 Å². The second-order valence-electron chi connectivity index (χ2n) is 3.26. The van der Waals surface area contributed by atoms with E-state index in [1.165, 1.54) is 6.20 Å². The minimum absolute atomic E-state index is 0.134. The van der Waals surface area contributed by atoms with Crippen LogP contribution in [-0.2, 0) is 0 Å². The molecule has 3 N–H and O–H groups in total. The van der Waals surface area contributed by atoms with Crippen LogP contribution in [0.1, 0.15) is 17.3 Å². The third-order valence-electron chi connectivity index (χ3n) is 2.28. The average molecular weight is 204 g/mol. The Bertz CT molecular complexity index is 502. The van der Waals surface area contributed by atoms with Gasteiger partial charge < -0.3 is 15.4 Å². The van der Waals surface area contributed by atoms with Crippen molar-refractivity contribution in [2.45, 2.75) is 6.92 Å². The van der Waals surface area contributed by atoms with Gasteiger partial charge in [0.25, 0.3) is 5.91 Å². The van der Waals surface area contributed by atoms with Crippen LogP contribution in [0, 0.1) is 0 Å². The minimum atomic E-state index is -0.134. The standard InChI is InChI=1S/C11H12N2O2/c1-2-12-11(15)8-5-3-4-7-9(14)6-13-10(7)8/h3-6,13-14H,2H2,1H3,(H,12,15). The number of fused-ring (bicyclic) bond motifs is 1. The highest BCUT2D eigenvalue weighted by molar-refractivity contribution is 6.07. The Kier molecular flexibility index (Phi) is 2.33. The van der Waals surface area contributed by atoms with Crippen LogP contribution in [0.4, 0.5) is 0 Å². The molecule has 0 bridgehead atoms. The molecule has 0 atom stereocenters. The topological polar surface area (TPSA) is 65.1 Å². The van der Waals surface area contributed by atoms with E-state index in [2.05, 4.69) is 10.3 Å². The van der Waals surface area contributed by atoms with Crippen LogP contribution in [0.2, 0.25) is 0 Å². The average Bonchev–Trinajstić information content (AvgIpc) is 2.61. The van der Waals surface area contributed by atoms with E-state index in [1.807, 2.05) is 6.92 Å². The summed E-state index contributed by atoms with van der Waals surface area (Å²) in [6.45, 7) is 2.45. The Morgan fingerprint density at radius 1 is 1.53 bits per heavy atom. The molecule has 4 heteroatoms. The molecule has 2 rings (SSSR count). The van der Waals surface area contributed by atoms with Crippen molar-refractivity contribution >= 4 is 16.8 Å². The summed E-state index contributed by atoms with van der Waals surface area (Å²) in [6, 6.07) is 5.24. The molecule has 0 aliphatic carbocycles. The Labute approximate surface area is 86.9 Å². The van der Waals surface area contributed by atoms with Gasteiger partial charge in [-0.15, -0.1) is 0 Å². The van der Waals surface area contributed by atoms with Gasteiger partial charge in [0.1, 0.15) is 5.75 Å². The third-order valence-corrected chi connectivity index (χ3v) is 2.28. The van der Waals surface area contributed by atoms with Crippen molar-refractivity contribution in [2.24, 2.45) is 0 Å². The molecule has 78 valence electrons. The Morgan fingerprint density at radius 3 is 3.07 bits per heavy atom. The molecule has 1 aromatic carbocycles. The molecule has 0 saturated carbocycles. The quantitative estimate of drug-likeness (QED) is 0.696. The fourth-order valence-corrected chi connectivity index (χ4v) is 1.58. The monoisotopic (exact) mass is 204 g/mol. The Hall–Kier alpha value is -1.97. The van der Waals surface area contributed by atoms with Crippen molar-refractivity contribution < 1.29 is 9.90 Å². The number of aromatic nitrogens is 1. The number of aromatic amines is 1. The molecule has 0 radical (unpaired) electrons. The number of H-pyrrole nitrogens is 1. The molecule has 0 spiro atoms. The largest absolute Gasteiger partial charge is 0.506 e. The first-order valence-electron chi connectivity index (χ1n) is 4.81. The predicted molar refractivity (Wildman–Crippen MR) is 58.0 cm³/mol. The van der Waals surface area contributed by atoms with E-state index >= 15 is 0 Å². The van der Waals surface area contributed by atoms with Crippen LogP contribution >= 0.6 is 0 Å². The summed E-state index contributed by atoms with van der Waals surface area (Å²) in [6.07, 6.45) is 1.48. The van der Waals surface area contributed by atoms with E-state index in [-0.39, 0.29) is 11.7 Å². The van der Waals surface area contributed by atoms with Gasteiger partial charge in [-0.25, -0.2) is 0 Å². The van der Waals surface area contributed by atoms with E-state index in [4.69, 9.17) is 0 Å². The van der Waals surface area contributed by atoms with Gasteiger partial charge in [-0.3, -0.25) is 4.79 Å². The highest BCUT2D eigenvalue weighted by Crippen LogP contribution is 2.26. The second kappa shape index (κ2) is 3.65. The Balaban J connectivity index is 2.56. The first kappa shape index (κ1) is 9.58. The van der Waals surface area contributed by atoms with E-state index < -0.39 is 0 Å². The molecule has 0 aliphatic rings. The number of carbonyl (C=O) groups is 1. The van der Waals surface area contributed by atoms with Crippen LogP contribution in [-0.4, -0.2) is 22.5 Å². The summed E-state index contributed by atoms with van der Waals surface area (Å²) in [7, 11) is 0. The smallest absolute Gasteiger partial charge is 0.253 e. The molecule has 4 nitrogen and oxygen atoms in total. The van der Waals surface area contributed by atoms with Crippen LogP contribution in [0.3, 0.4) is 0 Å². The lowest BCUT2D eigenvalue weighted by atomic mass is 10.1. The van der Waals surface area contributed by atoms with Crippen LogP contribution < -0.4 is 5.32 Å². The van der Waals surface area contributed by atoms with Gasteiger partial charge in [-0.1, -0.05) is 6.07 Å². The lowest BCUT2D eigenvalue weighted by molar-refractivity contribution is 0.0957. The zero-order chi connectivity index (χ0) is 10.8. The summed E-state index contributed by atoms with van der Waals surface area (Å²) in [5.41, 5.74) is 1.22.